The van der Waals surface area contributed by atoms with Gasteiger partial charge in [-0.15, -0.1) is 0 Å². The molecular formula is C63H124N2O7. The van der Waals surface area contributed by atoms with Crippen LogP contribution in [0.25, 0.3) is 0 Å². The van der Waals surface area contributed by atoms with E-state index >= 15 is 0 Å². The summed E-state index contributed by atoms with van der Waals surface area (Å²) in [6.45, 7) is 17.1. The molecule has 0 aliphatic heterocycles. The molecular weight excluding hydrogens is 897 g/mol. The second-order valence-corrected chi connectivity index (χ2v) is 21.8. The van der Waals surface area contributed by atoms with Gasteiger partial charge in [-0.25, -0.2) is 0 Å². The second kappa shape index (κ2) is 57.0. The van der Waals surface area contributed by atoms with Crippen LogP contribution < -0.4 is 0 Å². The van der Waals surface area contributed by atoms with Crippen molar-refractivity contribution in [1.82, 2.24) is 9.80 Å². The Labute approximate surface area is 448 Å². The Morgan fingerprint density at radius 3 is 0.972 bits per heavy atom. The molecule has 0 radical (unpaired) electrons. The number of unbranched alkanes of at least 4 members (excludes halogenated alkanes) is 28. The van der Waals surface area contributed by atoms with Gasteiger partial charge in [0.25, 0.3) is 0 Å². The van der Waals surface area contributed by atoms with E-state index in [4.69, 9.17) is 14.2 Å². The SMILES string of the molecule is CCCCCCCCCCCCCOC(=O)CCCCCN(CCCO)CCCN(C(CCCCCCC)CCCCCOC(=O)CCCCC)C(CCCCCCC)CCCCCOC(=O)CCCCC. The third kappa shape index (κ3) is 48.0. The first-order valence-corrected chi connectivity index (χ1v) is 31.9. The molecule has 0 saturated heterocycles. The minimum absolute atomic E-state index is 0.0375. The summed E-state index contributed by atoms with van der Waals surface area (Å²) in [5.74, 6) is -0.115. The number of aliphatic hydroxyl groups is 1. The fourth-order valence-electron chi connectivity index (χ4n) is 10.4. The maximum atomic E-state index is 12.6. The Bertz CT molecular complexity index is 1090. The number of carbonyl (C=O) groups excluding carboxylic acids is 3. The predicted molar refractivity (Wildman–Crippen MR) is 307 cm³/mol. The number of ether oxygens (including phenoxy) is 3. The van der Waals surface area contributed by atoms with Crippen LogP contribution in [0.3, 0.4) is 0 Å². The molecule has 0 rings (SSSR count). The quantitative estimate of drug-likeness (QED) is 0.0362. The van der Waals surface area contributed by atoms with Crippen molar-refractivity contribution in [2.75, 3.05) is 52.6 Å². The maximum Gasteiger partial charge on any atom is 0.305 e. The van der Waals surface area contributed by atoms with Gasteiger partial charge < -0.3 is 24.2 Å². The van der Waals surface area contributed by atoms with Crippen LogP contribution in [0.5, 0.6) is 0 Å². The van der Waals surface area contributed by atoms with Crippen LogP contribution in [0, 0.1) is 0 Å². The lowest BCUT2D eigenvalue weighted by molar-refractivity contribution is -0.144. The Morgan fingerprint density at radius 1 is 0.319 bits per heavy atom. The zero-order valence-corrected chi connectivity index (χ0v) is 48.9. The van der Waals surface area contributed by atoms with Crippen LogP contribution in [-0.4, -0.2) is 97.5 Å². The fourth-order valence-corrected chi connectivity index (χ4v) is 10.4. The number of hydrogen-bond donors (Lipinski definition) is 1. The van der Waals surface area contributed by atoms with E-state index in [-0.39, 0.29) is 24.5 Å². The third-order valence-corrected chi connectivity index (χ3v) is 15.0. The minimum Gasteiger partial charge on any atom is -0.466 e. The first kappa shape index (κ1) is 70.3. The standard InChI is InChI=1S/C63H124N2O7/c1-6-11-16-19-20-21-22-23-24-27-39-56-70-63(69)50-37-28-38-51-64(53-43-55-66)52-42-54-65(59(44-33-25-17-12-7-2)46-35-29-40-57-71-61(67)48-31-14-9-4)60(45-34-26-18-13-8-3)47-36-30-41-58-72-62(68)49-32-15-10-5/h59-60,66H,6-58H2,1-5H3. The molecule has 2 unspecified atom stereocenters. The van der Waals surface area contributed by atoms with Gasteiger partial charge in [-0.1, -0.05) is 221 Å². The molecule has 0 amide bonds. The van der Waals surface area contributed by atoms with Crippen LogP contribution >= 0.6 is 0 Å². The molecule has 0 aliphatic rings. The number of carbonyl (C=O) groups is 3. The fraction of sp³-hybridized carbons (Fsp3) is 0.952. The molecule has 9 heteroatoms. The zero-order valence-electron chi connectivity index (χ0n) is 48.9. The Hall–Kier alpha value is -1.71. The van der Waals surface area contributed by atoms with E-state index in [2.05, 4.69) is 44.4 Å². The van der Waals surface area contributed by atoms with Gasteiger partial charge in [0.2, 0.25) is 0 Å². The molecule has 0 bridgehead atoms. The van der Waals surface area contributed by atoms with Crippen LogP contribution in [0.2, 0.25) is 0 Å². The number of hydrogen-bond acceptors (Lipinski definition) is 9. The average Bonchev–Trinajstić information content (AvgIpc) is 3.37. The summed E-state index contributed by atoms with van der Waals surface area (Å²) in [4.78, 5) is 42.7. The second-order valence-electron chi connectivity index (χ2n) is 21.8. The normalized spacial score (nSPS) is 12.5. The first-order chi connectivity index (χ1) is 35.4. The molecule has 0 aromatic carbocycles. The van der Waals surface area contributed by atoms with Crippen molar-refractivity contribution in [2.45, 2.75) is 336 Å². The summed E-state index contributed by atoms with van der Waals surface area (Å²) in [6, 6.07) is 1.07. The summed E-state index contributed by atoms with van der Waals surface area (Å²) in [5.41, 5.74) is 0. The minimum atomic E-state index is -0.0402. The molecule has 0 saturated carbocycles. The molecule has 428 valence electrons. The van der Waals surface area contributed by atoms with Crippen molar-refractivity contribution in [3.63, 3.8) is 0 Å². The zero-order chi connectivity index (χ0) is 52.6. The summed E-state index contributed by atoms with van der Waals surface area (Å²) in [7, 11) is 0. The van der Waals surface area contributed by atoms with Gasteiger partial charge in [-0.05, 0) is 103 Å². The van der Waals surface area contributed by atoms with E-state index in [0.717, 1.165) is 148 Å². The monoisotopic (exact) mass is 1020 g/mol. The molecule has 0 aromatic heterocycles. The highest BCUT2D eigenvalue weighted by Crippen LogP contribution is 2.27. The molecule has 72 heavy (non-hydrogen) atoms. The highest BCUT2D eigenvalue weighted by molar-refractivity contribution is 5.69. The van der Waals surface area contributed by atoms with Crippen molar-refractivity contribution < 1.29 is 33.7 Å². The summed E-state index contributed by atoms with van der Waals surface area (Å²) in [6.07, 6.45) is 51.1. The number of esters is 3. The first-order valence-electron chi connectivity index (χ1n) is 31.9. The molecule has 0 fully saturated rings. The average molecular weight is 1020 g/mol. The largest absolute Gasteiger partial charge is 0.466 e. The molecule has 0 heterocycles. The molecule has 0 aliphatic carbocycles. The van der Waals surface area contributed by atoms with Gasteiger partial charge in [0.1, 0.15) is 0 Å². The van der Waals surface area contributed by atoms with E-state index < -0.39 is 0 Å². The topological polar surface area (TPSA) is 106 Å². The molecule has 9 nitrogen and oxygen atoms in total. The Morgan fingerprint density at radius 2 is 0.597 bits per heavy atom. The van der Waals surface area contributed by atoms with Crippen molar-refractivity contribution >= 4 is 17.9 Å². The lowest BCUT2D eigenvalue weighted by atomic mass is 9.93. The van der Waals surface area contributed by atoms with E-state index in [1.165, 1.54) is 148 Å². The number of rotatable bonds is 59. The van der Waals surface area contributed by atoms with Crippen LogP contribution in [-0.2, 0) is 28.6 Å². The molecule has 0 aromatic rings. The highest BCUT2D eigenvalue weighted by atomic mass is 16.5. The van der Waals surface area contributed by atoms with Crippen LogP contribution in [0.1, 0.15) is 324 Å². The predicted octanol–water partition coefficient (Wildman–Crippen LogP) is 17.6. The summed E-state index contributed by atoms with van der Waals surface area (Å²) in [5, 5.41) is 9.88. The summed E-state index contributed by atoms with van der Waals surface area (Å²) >= 11 is 0. The van der Waals surface area contributed by atoms with Crippen molar-refractivity contribution in [3.8, 4) is 0 Å². The third-order valence-electron chi connectivity index (χ3n) is 15.0. The lowest BCUT2D eigenvalue weighted by Crippen LogP contribution is -2.45. The number of nitrogens with zero attached hydrogens (tertiary/aromatic N) is 2. The van der Waals surface area contributed by atoms with Gasteiger partial charge in [0, 0.05) is 44.5 Å². The van der Waals surface area contributed by atoms with Crippen LogP contribution in [0.15, 0.2) is 0 Å². The Balaban J connectivity index is 5.69. The van der Waals surface area contributed by atoms with Gasteiger partial charge in [0.05, 0.1) is 19.8 Å². The van der Waals surface area contributed by atoms with Gasteiger partial charge in [0.15, 0.2) is 0 Å². The van der Waals surface area contributed by atoms with E-state index in [1.807, 2.05) is 0 Å². The van der Waals surface area contributed by atoms with Gasteiger partial charge in [-0.3, -0.25) is 19.3 Å². The van der Waals surface area contributed by atoms with Crippen LogP contribution in [0.4, 0.5) is 0 Å². The highest BCUT2D eigenvalue weighted by Gasteiger charge is 2.26. The number of aliphatic hydroxyl groups excluding tert-OH is 1. The molecule has 0 spiro atoms. The van der Waals surface area contributed by atoms with Crippen molar-refractivity contribution in [3.05, 3.63) is 0 Å². The van der Waals surface area contributed by atoms with E-state index in [0.29, 0.717) is 51.2 Å². The molecule has 1 N–H and O–H groups in total. The summed E-state index contributed by atoms with van der Waals surface area (Å²) < 4.78 is 16.9. The lowest BCUT2D eigenvalue weighted by Gasteiger charge is -2.40. The van der Waals surface area contributed by atoms with Gasteiger partial charge >= 0.3 is 17.9 Å². The van der Waals surface area contributed by atoms with E-state index in [9.17, 15) is 19.5 Å². The molecule has 2 atom stereocenters. The van der Waals surface area contributed by atoms with E-state index in [1.54, 1.807) is 0 Å². The maximum absolute atomic E-state index is 12.6. The van der Waals surface area contributed by atoms with Crippen molar-refractivity contribution in [2.24, 2.45) is 0 Å². The van der Waals surface area contributed by atoms with Crippen molar-refractivity contribution in [1.29, 1.82) is 0 Å². The smallest absolute Gasteiger partial charge is 0.305 e. The van der Waals surface area contributed by atoms with Gasteiger partial charge in [-0.2, -0.15) is 0 Å². The Kier molecular flexibility index (Phi) is 55.7.